The normalized spacial score (nSPS) is 19.0. The molecule has 0 aliphatic carbocycles. The van der Waals surface area contributed by atoms with Crippen LogP contribution in [0.5, 0.6) is 0 Å². The Kier molecular flexibility index (Phi) is 4.51. The molecule has 1 fully saturated rings. The molecule has 0 N–H and O–H groups in total. The van der Waals surface area contributed by atoms with Gasteiger partial charge in [-0.2, -0.15) is 13.2 Å². The van der Waals surface area contributed by atoms with Crippen molar-refractivity contribution in [1.82, 2.24) is 9.88 Å². The number of benzene rings is 1. The number of oxazole rings is 1. The first kappa shape index (κ1) is 17.8. The number of aromatic nitrogens is 1. The van der Waals surface area contributed by atoms with E-state index in [0.717, 1.165) is 18.9 Å². The average molecular weight is 354 g/mol. The molecule has 1 aromatic carbocycles. The molecule has 0 saturated carbocycles. The van der Waals surface area contributed by atoms with Crippen molar-refractivity contribution in [2.75, 3.05) is 13.1 Å². The second kappa shape index (κ2) is 6.35. The molecule has 1 amide bonds. The van der Waals surface area contributed by atoms with Crippen LogP contribution in [0.3, 0.4) is 0 Å². The van der Waals surface area contributed by atoms with Crippen LogP contribution >= 0.6 is 0 Å². The molecule has 1 unspecified atom stereocenters. The third-order valence-electron chi connectivity index (χ3n) is 4.50. The van der Waals surface area contributed by atoms with Gasteiger partial charge in [-0.3, -0.25) is 4.79 Å². The topological polar surface area (TPSA) is 46.3 Å². The van der Waals surface area contributed by atoms with E-state index in [0.29, 0.717) is 19.0 Å². The fourth-order valence-electron chi connectivity index (χ4n) is 3.19. The molecule has 7 heteroatoms. The van der Waals surface area contributed by atoms with Crippen LogP contribution < -0.4 is 0 Å². The second-order valence-electron chi connectivity index (χ2n) is 7.08. The first-order valence-electron chi connectivity index (χ1n) is 8.47. The van der Waals surface area contributed by atoms with Crippen LogP contribution in [0.2, 0.25) is 0 Å². The van der Waals surface area contributed by atoms with Crippen molar-refractivity contribution in [2.45, 2.75) is 45.7 Å². The molecular formula is C18H21F3N2O2. The third-order valence-corrected chi connectivity index (χ3v) is 4.50. The summed E-state index contributed by atoms with van der Waals surface area (Å²) in [5, 5.41) is 0. The highest BCUT2D eigenvalue weighted by Gasteiger charge is 2.36. The van der Waals surface area contributed by atoms with E-state index in [9.17, 15) is 18.0 Å². The monoisotopic (exact) mass is 354 g/mol. The minimum Gasteiger partial charge on any atom is -0.440 e. The number of alkyl halides is 3. The van der Waals surface area contributed by atoms with Crippen LogP contribution in [-0.2, 0) is 6.18 Å². The quantitative estimate of drug-likeness (QED) is 0.775. The maximum atomic E-state index is 13.5. The van der Waals surface area contributed by atoms with Gasteiger partial charge in [-0.15, -0.1) is 0 Å². The number of amides is 1. The number of fused-ring (bicyclic) bond motifs is 1. The predicted molar refractivity (Wildman–Crippen MR) is 87.4 cm³/mol. The number of likely N-dealkylation sites (tertiary alicyclic amines) is 1. The maximum Gasteiger partial charge on any atom is 0.420 e. The molecule has 0 bridgehead atoms. The Morgan fingerprint density at radius 3 is 2.68 bits per heavy atom. The van der Waals surface area contributed by atoms with E-state index in [1.807, 2.05) is 6.92 Å². The summed E-state index contributed by atoms with van der Waals surface area (Å²) >= 11 is 0. The van der Waals surface area contributed by atoms with Gasteiger partial charge >= 0.3 is 6.18 Å². The van der Waals surface area contributed by atoms with E-state index in [4.69, 9.17) is 4.42 Å². The van der Waals surface area contributed by atoms with Gasteiger partial charge in [0.1, 0.15) is 11.1 Å². The van der Waals surface area contributed by atoms with Crippen molar-refractivity contribution >= 4 is 17.0 Å². The maximum absolute atomic E-state index is 13.5. The molecule has 1 saturated heterocycles. The van der Waals surface area contributed by atoms with Crippen molar-refractivity contribution in [2.24, 2.45) is 5.92 Å². The summed E-state index contributed by atoms with van der Waals surface area (Å²) in [6, 6.07) is 2.29. The third kappa shape index (κ3) is 3.50. The summed E-state index contributed by atoms with van der Waals surface area (Å²) in [6.45, 7) is 6.75. The predicted octanol–water partition coefficient (Wildman–Crippen LogP) is 4.84. The van der Waals surface area contributed by atoms with Gasteiger partial charge in [0.25, 0.3) is 5.91 Å². The van der Waals surface area contributed by atoms with Gasteiger partial charge in [0.15, 0.2) is 11.5 Å². The summed E-state index contributed by atoms with van der Waals surface area (Å²) in [6.07, 6.45) is -2.72. The molecule has 4 nitrogen and oxygen atoms in total. The van der Waals surface area contributed by atoms with Gasteiger partial charge in [0.2, 0.25) is 0 Å². The molecule has 2 heterocycles. The highest BCUT2D eigenvalue weighted by Crippen LogP contribution is 2.37. The second-order valence-corrected chi connectivity index (χ2v) is 7.08. The molecule has 1 aromatic heterocycles. The summed E-state index contributed by atoms with van der Waals surface area (Å²) in [5.74, 6) is 0.0587. The molecule has 0 radical (unpaired) electrons. The molecule has 1 aliphatic rings. The zero-order chi connectivity index (χ0) is 18.4. The van der Waals surface area contributed by atoms with Gasteiger partial charge in [-0.25, -0.2) is 4.98 Å². The Hall–Kier alpha value is -2.05. The lowest BCUT2D eigenvalue weighted by molar-refractivity contribution is -0.136. The van der Waals surface area contributed by atoms with E-state index >= 15 is 0 Å². The number of halogens is 3. The largest absolute Gasteiger partial charge is 0.440 e. The summed E-state index contributed by atoms with van der Waals surface area (Å²) < 4.78 is 45.7. The highest BCUT2D eigenvalue weighted by atomic mass is 19.4. The Balaban J connectivity index is 2.08. The van der Waals surface area contributed by atoms with E-state index in [1.165, 1.54) is 6.07 Å². The van der Waals surface area contributed by atoms with Crippen LogP contribution in [0, 0.1) is 5.92 Å². The van der Waals surface area contributed by atoms with Crippen LogP contribution in [0.1, 0.15) is 61.3 Å². The van der Waals surface area contributed by atoms with Crippen molar-refractivity contribution < 1.29 is 22.4 Å². The molecule has 136 valence electrons. The highest BCUT2D eigenvalue weighted by molar-refractivity contribution is 5.98. The van der Waals surface area contributed by atoms with Gasteiger partial charge in [0.05, 0.1) is 0 Å². The summed E-state index contributed by atoms with van der Waals surface area (Å²) in [5.41, 5.74) is -1.16. The lowest BCUT2D eigenvalue weighted by Gasteiger charge is -2.31. The number of nitrogens with zero attached hydrogens (tertiary/aromatic N) is 2. The fraction of sp³-hybridized carbons (Fsp3) is 0.556. The van der Waals surface area contributed by atoms with Crippen LogP contribution in [0.4, 0.5) is 13.2 Å². The van der Waals surface area contributed by atoms with Crippen molar-refractivity contribution in [1.29, 1.82) is 0 Å². The first-order chi connectivity index (χ1) is 11.7. The standard InChI is InChI=1S/C18H21F3N2O2/c1-10(2)16-22-14-8-12(7-13(15(14)25-16)18(19,20)21)17(24)23-6-4-5-11(3)9-23/h7-8,10-11H,4-6,9H2,1-3H3. The fourth-order valence-corrected chi connectivity index (χ4v) is 3.19. The minimum atomic E-state index is -4.61. The zero-order valence-corrected chi connectivity index (χ0v) is 14.5. The van der Waals surface area contributed by atoms with E-state index in [2.05, 4.69) is 4.98 Å². The van der Waals surface area contributed by atoms with Crippen molar-refractivity contribution in [3.8, 4) is 0 Å². The SMILES string of the molecule is CC1CCCN(C(=O)c2cc(C(F)(F)F)c3oc(C(C)C)nc3c2)C1. The van der Waals surface area contributed by atoms with Gasteiger partial charge in [-0.1, -0.05) is 20.8 Å². The lowest BCUT2D eigenvalue weighted by Crippen LogP contribution is -2.39. The molecule has 1 atom stereocenters. The molecular weight excluding hydrogens is 333 g/mol. The number of hydrogen-bond donors (Lipinski definition) is 0. The van der Waals surface area contributed by atoms with Crippen molar-refractivity contribution in [3.05, 3.63) is 29.2 Å². The van der Waals surface area contributed by atoms with Gasteiger partial charge in [0, 0.05) is 24.6 Å². The average Bonchev–Trinajstić information content (AvgIpc) is 2.96. The number of piperidine rings is 1. The number of carbonyl (C=O) groups excluding carboxylic acids is 1. The Morgan fingerprint density at radius 2 is 2.08 bits per heavy atom. The van der Waals surface area contributed by atoms with Crippen LogP contribution in [0.15, 0.2) is 16.5 Å². The smallest absolute Gasteiger partial charge is 0.420 e. The number of carbonyl (C=O) groups is 1. The van der Waals surface area contributed by atoms with E-state index in [1.54, 1.807) is 18.7 Å². The molecule has 2 aromatic rings. The minimum absolute atomic E-state index is 0.0116. The van der Waals surface area contributed by atoms with E-state index < -0.39 is 11.7 Å². The lowest BCUT2D eigenvalue weighted by atomic mass is 9.99. The Bertz CT molecular complexity index is 795. The van der Waals surface area contributed by atoms with E-state index in [-0.39, 0.29) is 34.4 Å². The molecule has 0 spiro atoms. The first-order valence-corrected chi connectivity index (χ1v) is 8.47. The van der Waals surface area contributed by atoms with Crippen LogP contribution in [-0.4, -0.2) is 28.9 Å². The van der Waals surface area contributed by atoms with Crippen LogP contribution in [0.25, 0.3) is 11.1 Å². The molecule has 1 aliphatic heterocycles. The molecule has 3 rings (SSSR count). The van der Waals surface area contributed by atoms with Crippen molar-refractivity contribution in [3.63, 3.8) is 0 Å². The Labute approximate surface area is 144 Å². The zero-order valence-electron chi connectivity index (χ0n) is 14.5. The number of hydrogen-bond acceptors (Lipinski definition) is 3. The summed E-state index contributed by atoms with van der Waals surface area (Å²) in [4.78, 5) is 18.5. The Morgan fingerprint density at radius 1 is 1.36 bits per heavy atom. The van der Waals surface area contributed by atoms with Gasteiger partial charge < -0.3 is 9.32 Å². The molecule has 25 heavy (non-hydrogen) atoms. The van der Waals surface area contributed by atoms with Gasteiger partial charge in [-0.05, 0) is 30.9 Å². The summed E-state index contributed by atoms with van der Waals surface area (Å²) in [7, 11) is 0. The number of rotatable bonds is 2.